The molecule has 0 saturated heterocycles. The Bertz CT molecular complexity index is 814. The van der Waals surface area contributed by atoms with Crippen molar-refractivity contribution < 1.29 is 9.53 Å². The van der Waals surface area contributed by atoms with E-state index in [4.69, 9.17) is 51.8 Å². The number of ether oxygens (including phenoxy) is 1. The summed E-state index contributed by atoms with van der Waals surface area (Å²) in [4.78, 5) is 11.6. The van der Waals surface area contributed by atoms with Crippen LogP contribution in [0.2, 0.25) is 15.1 Å². The first kappa shape index (κ1) is 22.1. The van der Waals surface area contributed by atoms with Gasteiger partial charge in [-0.1, -0.05) is 40.9 Å². The zero-order chi connectivity index (χ0) is 19.8. The van der Waals surface area contributed by atoms with Crippen LogP contribution in [0.5, 0.6) is 0 Å². The van der Waals surface area contributed by atoms with Crippen LogP contribution in [0.1, 0.15) is 15.9 Å². The lowest BCUT2D eigenvalue weighted by Gasteiger charge is -2.13. The van der Waals surface area contributed by atoms with Crippen molar-refractivity contribution >= 4 is 75.6 Å². The van der Waals surface area contributed by atoms with E-state index < -0.39 is 5.97 Å². The Morgan fingerprint density at radius 2 is 1.85 bits per heavy atom. The van der Waals surface area contributed by atoms with Gasteiger partial charge in [-0.2, -0.15) is 11.8 Å². The largest absolute Gasteiger partial charge is 0.465 e. The molecule has 144 valence electrons. The second kappa shape index (κ2) is 11.0. The van der Waals surface area contributed by atoms with Crippen LogP contribution in [-0.4, -0.2) is 30.5 Å². The van der Waals surface area contributed by atoms with E-state index in [9.17, 15) is 4.79 Å². The fourth-order valence-electron chi connectivity index (χ4n) is 2.11. The van der Waals surface area contributed by atoms with Gasteiger partial charge in [-0.25, -0.2) is 4.79 Å². The molecule has 2 N–H and O–H groups in total. The van der Waals surface area contributed by atoms with Gasteiger partial charge in [-0.15, -0.1) is 0 Å². The lowest BCUT2D eigenvalue weighted by molar-refractivity contribution is 0.0601. The Balaban J connectivity index is 1.79. The van der Waals surface area contributed by atoms with Crippen molar-refractivity contribution in [2.45, 2.75) is 5.75 Å². The van der Waals surface area contributed by atoms with E-state index in [0.29, 0.717) is 43.7 Å². The zero-order valence-electron chi connectivity index (χ0n) is 14.4. The van der Waals surface area contributed by atoms with Crippen LogP contribution >= 0.6 is 58.8 Å². The minimum Gasteiger partial charge on any atom is -0.465 e. The molecule has 0 amide bonds. The van der Waals surface area contributed by atoms with Gasteiger partial charge in [0.05, 0.1) is 23.4 Å². The number of hydrogen-bond donors (Lipinski definition) is 2. The number of esters is 1. The summed E-state index contributed by atoms with van der Waals surface area (Å²) in [6.45, 7) is 0.646. The average Bonchev–Trinajstić information content (AvgIpc) is 2.64. The lowest BCUT2D eigenvalue weighted by atomic mass is 10.2. The highest BCUT2D eigenvalue weighted by molar-refractivity contribution is 7.98. The molecule has 9 heteroatoms. The molecule has 27 heavy (non-hydrogen) atoms. The molecule has 2 aromatic carbocycles. The summed E-state index contributed by atoms with van der Waals surface area (Å²) in [5.41, 5.74) is 1.85. The summed E-state index contributed by atoms with van der Waals surface area (Å²) >= 11 is 25.4. The van der Waals surface area contributed by atoms with Crippen molar-refractivity contribution in [2.75, 3.05) is 24.7 Å². The number of carbonyl (C=O) groups is 1. The summed E-state index contributed by atoms with van der Waals surface area (Å²) in [5.74, 6) is 1.08. The third-order valence-corrected chi connectivity index (χ3v) is 5.75. The predicted molar refractivity (Wildman–Crippen MR) is 120 cm³/mol. The van der Waals surface area contributed by atoms with E-state index >= 15 is 0 Å². The summed E-state index contributed by atoms with van der Waals surface area (Å²) in [5, 5.41) is 8.28. The molecule has 0 atom stereocenters. The number of carbonyl (C=O) groups excluding carboxylic acids is 1. The van der Waals surface area contributed by atoms with E-state index in [0.717, 1.165) is 11.3 Å². The molecule has 0 fully saturated rings. The standard InChI is InChI=1S/C18H17Cl3N2O2S2/c1-25-17(24)11-5-6-15(21)16(9-11)23-18(26)22-7-8-27-10-12-13(19)3-2-4-14(12)20/h2-6,9H,7-8,10H2,1H3,(H2,22,23,26). The highest BCUT2D eigenvalue weighted by atomic mass is 35.5. The van der Waals surface area contributed by atoms with Crippen LogP contribution < -0.4 is 10.6 Å². The van der Waals surface area contributed by atoms with Crippen LogP contribution in [0.4, 0.5) is 5.69 Å². The number of methoxy groups -OCH3 is 1. The van der Waals surface area contributed by atoms with Gasteiger partial charge < -0.3 is 15.4 Å². The molecule has 0 radical (unpaired) electrons. The normalized spacial score (nSPS) is 10.4. The maximum Gasteiger partial charge on any atom is 0.337 e. The molecule has 2 aromatic rings. The van der Waals surface area contributed by atoms with Crippen LogP contribution in [-0.2, 0) is 10.5 Å². The van der Waals surface area contributed by atoms with Crippen molar-refractivity contribution in [2.24, 2.45) is 0 Å². The SMILES string of the molecule is COC(=O)c1ccc(Cl)c(NC(=S)NCCSCc2c(Cl)cccc2Cl)c1. The maximum absolute atomic E-state index is 11.6. The fourth-order valence-corrected chi connectivity index (χ4v) is 4.09. The highest BCUT2D eigenvalue weighted by Gasteiger charge is 2.10. The Hall–Kier alpha value is -1.18. The third-order valence-electron chi connectivity index (χ3n) is 3.48. The summed E-state index contributed by atoms with van der Waals surface area (Å²) in [7, 11) is 1.32. The van der Waals surface area contributed by atoms with Crippen molar-refractivity contribution in [1.82, 2.24) is 5.32 Å². The Kier molecular flexibility index (Phi) is 8.99. The van der Waals surface area contributed by atoms with Crippen molar-refractivity contribution in [3.8, 4) is 0 Å². The second-order valence-corrected chi connectivity index (χ2v) is 8.05. The minimum atomic E-state index is -0.441. The molecule has 4 nitrogen and oxygen atoms in total. The van der Waals surface area contributed by atoms with E-state index in [1.807, 2.05) is 18.2 Å². The van der Waals surface area contributed by atoms with E-state index in [1.54, 1.807) is 30.0 Å². The number of thioether (sulfide) groups is 1. The third kappa shape index (κ3) is 6.73. The van der Waals surface area contributed by atoms with Crippen molar-refractivity contribution in [3.05, 3.63) is 62.6 Å². The molecule has 0 aromatic heterocycles. The predicted octanol–water partition coefficient (Wildman–Crippen LogP) is 5.65. The van der Waals surface area contributed by atoms with Gasteiger partial charge in [-0.3, -0.25) is 0 Å². The molecule has 0 unspecified atom stereocenters. The topological polar surface area (TPSA) is 50.4 Å². The number of nitrogens with one attached hydrogen (secondary N) is 2. The number of thiocarbonyl (C=S) groups is 1. The number of hydrogen-bond acceptors (Lipinski definition) is 4. The van der Waals surface area contributed by atoms with Gasteiger partial charge in [0.15, 0.2) is 5.11 Å². The van der Waals surface area contributed by atoms with E-state index in [2.05, 4.69) is 10.6 Å². The second-order valence-electron chi connectivity index (χ2n) is 5.32. The molecule has 0 aliphatic rings. The summed E-state index contributed by atoms with van der Waals surface area (Å²) in [6, 6.07) is 10.3. The van der Waals surface area contributed by atoms with Crippen molar-refractivity contribution in [1.29, 1.82) is 0 Å². The van der Waals surface area contributed by atoms with Crippen LogP contribution in [0.25, 0.3) is 0 Å². The molecule has 0 saturated carbocycles. The highest BCUT2D eigenvalue weighted by Crippen LogP contribution is 2.28. The van der Waals surface area contributed by atoms with Gasteiger partial charge in [-0.05, 0) is 48.1 Å². The number of anilines is 1. The Morgan fingerprint density at radius 1 is 1.15 bits per heavy atom. The molecule has 0 aliphatic carbocycles. The maximum atomic E-state index is 11.6. The molecular weight excluding hydrogens is 447 g/mol. The van der Waals surface area contributed by atoms with Crippen molar-refractivity contribution in [3.63, 3.8) is 0 Å². The van der Waals surface area contributed by atoms with Gasteiger partial charge in [0.2, 0.25) is 0 Å². The van der Waals surface area contributed by atoms with Gasteiger partial charge in [0.25, 0.3) is 0 Å². The summed E-state index contributed by atoms with van der Waals surface area (Å²) < 4.78 is 4.70. The number of halogens is 3. The monoisotopic (exact) mass is 462 g/mol. The first-order valence-corrected chi connectivity index (χ1v) is 10.6. The molecule has 0 spiro atoms. The number of benzene rings is 2. The average molecular weight is 464 g/mol. The quantitative estimate of drug-likeness (QED) is 0.314. The van der Waals surface area contributed by atoms with E-state index in [-0.39, 0.29) is 0 Å². The van der Waals surface area contributed by atoms with Gasteiger partial charge in [0, 0.05) is 28.1 Å². The van der Waals surface area contributed by atoms with Crippen LogP contribution in [0, 0.1) is 0 Å². The van der Waals surface area contributed by atoms with Gasteiger partial charge in [0.1, 0.15) is 0 Å². The van der Waals surface area contributed by atoms with Crippen LogP contribution in [0.15, 0.2) is 36.4 Å². The molecule has 0 heterocycles. The minimum absolute atomic E-state index is 0.388. The fraction of sp³-hybridized carbons (Fsp3) is 0.222. The zero-order valence-corrected chi connectivity index (χ0v) is 18.3. The first-order chi connectivity index (χ1) is 12.9. The summed E-state index contributed by atoms with van der Waals surface area (Å²) in [6.07, 6.45) is 0. The lowest BCUT2D eigenvalue weighted by Crippen LogP contribution is -2.30. The number of rotatable bonds is 7. The Morgan fingerprint density at radius 3 is 2.52 bits per heavy atom. The smallest absolute Gasteiger partial charge is 0.337 e. The van der Waals surface area contributed by atoms with Gasteiger partial charge >= 0.3 is 5.97 Å². The first-order valence-electron chi connectivity index (χ1n) is 7.85. The molecule has 0 bridgehead atoms. The molecule has 0 aliphatic heterocycles. The molecule has 2 rings (SSSR count). The van der Waals surface area contributed by atoms with E-state index in [1.165, 1.54) is 7.11 Å². The van der Waals surface area contributed by atoms with Crippen LogP contribution in [0.3, 0.4) is 0 Å². The Labute approximate surface area is 182 Å². The molecular formula is C18H17Cl3N2O2S2.